The van der Waals surface area contributed by atoms with Crippen LogP contribution < -0.4 is 5.32 Å². The third kappa shape index (κ3) is 2.19. The molecule has 16 heavy (non-hydrogen) atoms. The van der Waals surface area contributed by atoms with E-state index in [1.807, 2.05) is 13.0 Å². The van der Waals surface area contributed by atoms with Crippen molar-refractivity contribution in [3.63, 3.8) is 0 Å². The van der Waals surface area contributed by atoms with Crippen LogP contribution in [0.3, 0.4) is 0 Å². The van der Waals surface area contributed by atoms with Gasteiger partial charge in [-0.3, -0.25) is 0 Å². The second-order valence-electron chi connectivity index (χ2n) is 3.52. The number of rotatable bonds is 3. The molecule has 1 N–H and O–H groups in total. The normalized spacial score (nSPS) is 12.4. The van der Waals surface area contributed by atoms with Crippen molar-refractivity contribution in [1.82, 2.24) is 0 Å². The van der Waals surface area contributed by atoms with Gasteiger partial charge in [-0.05, 0) is 25.1 Å². The summed E-state index contributed by atoms with van der Waals surface area (Å²) in [6.07, 6.45) is 3.21. The molecule has 0 fully saturated rings. The Morgan fingerprint density at radius 1 is 1.38 bits per heavy atom. The van der Waals surface area contributed by atoms with Crippen molar-refractivity contribution in [1.29, 1.82) is 0 Å². The number of anilines is 1. The van der Waals surface area contributed by atoms with E-state index >= 15 is 0 Å². The largest absolute Gasteiger partial charge is 0.472 e. The van der Waals surface area contributed by atoms with E-state index in [-0.39, 0.29) is 11.1 Å². The molecule has 0 bridgehead atoms. The molecule has 2 rings (SSSR count). The lowest BCUT2D eigenvalue weighted by molar-refractivity contribution is 0.562. The van der Waals surface area contributed by atoms with Crippen LogP contribution in [0.25, 0.3) is 0 Å². The van der Waals surface area contributed by atoms with Gasteiger partial charge in [-0.15, -0.1) is 0 Å². The van der Waals surface area contributed by atoms with Crippen LogP contribution in [0.1, 0.15) is 18.5 Å². The van der Waals surface area contributed by atoms with Gasteiger partial charge in [0.2, 0.25) is 0 Å². The molecule has 84 valence electrons. The molecule has 0 saturated carbocycles. The van der Waals surface area contributed by atoms with Crippen LogP contribution in [-0.2, 0) is 0 Å². The molecular formula is C12H11ClFNO. The summed E-state index contributed by atoms with van der Waals surface area (Å²) in [5.74, 6) is -0.431. The lowest BCUT2D eigenvalue weighted by Gasteiger charge is -2.14. The molecule has 4 heteroatoms. The Morgan fingerprint density at radius 3 is 2.88 bits per heavy atom. The smallest absolute Gasteiger partial charge is 0.164 e. The van der Waals surface area contributed by atoms with Crippen LogP contribution in [0, 0.1) is 5.82 Å². The zero-order chi connectivity index (χ0) is 11.5. The third-order valence-electron chi connectivity index (χ3n) is 2.37. The Labute approximate surface area is 98.0 Å². The number of nitrogens with one attached hydrogen (secondary N) is 1. The summed E-state index contributed by atoms with van der Waals surface area (Å²) in [7, 11) is 0. The highest BCUT2D eigenvalue weighted by Crippen LogP contribution is 2.26. The summed E-state index contributed by atoms with van der Waals surface area (Å²) in [5, 5.41) is 3.15. The Hall–Kier alpha value is -1.48. The van der Waals surface area contributed by atoms with Gasteiger partial charge < -0.3 is 9.73 Å². The Kier molecular flexibility index (Phi) is 3.15. The van der Waals surface area contributed by atoms with Crippen molar-refractivity contribution in [3.05, 3.63) is 53.2 Å². The highest BCUT2D eigenvalue weighted by atomic mass is 35.5. The minimum atomic E-state index is -0.431. The number of benzene rings is 1. The van der Waals surface area contributed by atoms with Crippen LogP contribution in [-0.4, -0.2) is 0 Å². The van der Waals surface area contributed by atoms with Crippen molar-refractivity contribution in [2.45, 2.75) is 13.0 Å². The van der Waals surface area contributed by atoms with Gasteiger partial charge in [-0.2, -0.15) is 0 Å². The average molecular weight is 240 g/mol. The summed E-state index contributed by atoms with van der Waals surface area (Å²) in [4.78, 5) is 0. The Balaban J connectivity index is 2.18. The molecule has 0 radical (unpaired) electrons. The second-order valence-corrected chi connectivity index (χ2v) is 3.93. The molecule has 0 aliphatic heterocycles. The molecule has 0 saturated heterocycles. The molecule has 2 aromatic rings. The van der Waals surface area contributed by atoms with Gasteiger partial charge in [0.05, 0.1) is 29.3 Å². The van der Waals surface area contributed by atoms with Gasteiger partial charge in [0.25, 0.3) is 0 Å². The van der Waals surface area contributed by atoms with Crippen LogP contribution in [0.4, 0.5) is 10.1 Å². The summed E-state index contributed by atoms with van der Waals surface area (Å²) in [6.45, 7) is 1.92. The number of halogens is 2. The monoisotopic (exact) mass is 239 g/mol. The van der Waals surface area contributed by atoms with E-state index in [1.165, 1.54) is 6.07 Å². The minimum Gasteiger partial charge on any atom is -0.472 e. The Bertz CT molecular complexity index is 470. The third-order valence-corrected chi connectivity index (χ3v) is 2.66. The maximum Gasteiger partial charge on any atom is 0.164 e. The molecule has 0 spiro atoms. The molecule has 1 aromatic carbocycles. The quantitative estimate of drug-likeness (QED) is 0.867. The highest BCUT2D eigenvalue weighted by Gasteiger charge is 2.11. The first kappa shape index (κ1) is 11.0. The molecular weight excluding hydrogens is 229 g/mol. The predicted octanol–water partition coefficient (Wildman–Crippen LogP) is 4.25. The fraction of sp³-hybridized carbons (Fsp3) is 0.167. The first-order valence-electron chi connectivity index (χ1n) is 4.91. The molecule has 2 nitrogen and oxygen atoms in total. The van der Waals surface area contributed by atoms with E-state index in [0.29, 0.717) is 5.69 Å². The van der Waals surface area contributed by atoms with E-state index in [0.717, 1.165) is 5.56 Å². The van der Waals surface area contributed by atoms with Crippen LogP contribution in [0.15, 0.2) is 41.2 Å². The second kappa shape index (κ2) is 4.58. The standard InChI is InChI=1S/C12H11ClFNO/c1-8(9-5-6-16-7-9)15-11-4-2-3-10(13)12(11)14/h2-8,15H,1H3. The summed E-state index contributed by atoms with van der Waals surface area (Å²) in [6, 6.07) is 6.67. The molecule has 1 heterocycles. The van der Waals surface area contributed by atoms with Crippen molar-refractivity contribution in [2.24, 2.45) is 0 Å². The van der Waals surface area contributed by atoms with Gasteiger partial charge in [0.15, 0.2) is 5.82 Å². The number of hydrogen-bond acceptors (Lipinski definition) is 2. The molecule has 1 atom stereocenters. The number of hydrogen-bond donors (Lipinski definition) is 1. The van der Waals surface area contributed by atoms with Crippen molar-refractivity contribution >= 4 is 17.3 Å². The first-order valence-corrected chi connectivity index (χ1v) is 5.29. The Morgan fingerprint density at radius 2 is 2.19 bits per heavy atom. The SMILES string of the molecule is CC(Nc1cccc(Cl)c1F)c1ccoc1. The van der Waals surface area contributed by atoms with Gasteiger partial charge >= 0.3 is 0 Å². The first-order chi connectivity index (χ1) is 7.68. The summed E-state index contributed by atoms with van der Waals surface area (Å²) < 4.78 is 18.6. The van der Waals surface area contributed by atoms with E-state index in [1.54, 1.807) is 24.7 Å². The van der Waals surface area contributed by atoms with Gasteiger partial charge in [0.1, 0.15) is 0 Å². The fourth-order valence-corrected chi connectivity index (χ4v) is 1.63. The predicted molar refractivity (Wildman–Crippen MR) is 62.2 cm³/mol. The molecule has 0 aliphatic carbocycles. The van der Waals surface area contributed by atoms with E-state index in [9.17, 15) is 4.39 Å². The van der Waals surface area contributed by atoms with Gasteiger partial charge in [-0.25, -0.2) is 4.39 Å². The minimum absolute atomic E-state index is 0.0354. The molecule has 0 aliphatic rings. The molecule has 0 amide bonds. The lowest BCUT2D eigenvalue weighted by Crippen LogP contribution is -2.07. The molecule has 1 aromatic heterocycles. The maximum absolute atomic E-state index is 13.6. The maximum atomic E-state index is 13.6. The summed E-state index contributed by atoms with van der Waals surface area (Å²) >= 11 is 5.69. The van der Waals surface area contributed by atoms with Crippen LogP contribution in [0.2, 0.25) is 5.02 Å². The zero-order valence-electron chi connectivity index (χ0n) is 8.71. The lowest BCUT2D eigenvalue weighted by atomic mass is 10.1. The molecule has 1 unspecified atom stereocenters. The average Bonchev–Trinajstić information content (AvgIpc) is 2.78. The zero-order valence-corrected chi connectivity index (χ0v) is 9.46. The van der Waals surface area contributed by atoms with Gasteiger partial charge in [0, 0.05) is 5.56 Å². The van der Waals surface area contributed by atoms with Gasteiger partial charge in [-0.1, -0.05) is 17.7 Å². The van der Waals surface area contributed by atoms with E-state index < -0.39 is 5.82 Å². The highest BCUT2D eigenvalue weighted by molar-refractivity contribution is 6.31. The van der Waals surface area contributed by atoms with E-state index in [4.69, 9.17) is 16.0 Å². The van der Waals surface area contributed by atoms with Crippen molar-refractivity contribution < 1.29 is 8.81 Å². The van der Waals surface area contributed by atoms with Crippen LogP contribution >= 0.6 is 11.6 Å². The van der Waals surface area contributed by atoms with E-state index in [2.05, 4.69) is 5.32 Å². The van der Waals surface area contributed by atoms with Crippen molar-refractivity contribution in [2.75, 3.05) is 5.32 Å². The van der Waals surface area contributed by atoms with Crippen LogP contribution in [0.5, 0.6) is 0 Å². The number of furan rings is 1. The summed E-state index contributed by atoms with van der Waals surface area (Å²) in [5.41, 5.74) is 1.35. The fourth-order valence-electron chi connectivity index (χ4n) is 1.45. The van der Waals surface area contributed by atoms with Crippen molar-refractivity contribution in [3.8, 4) is 0 Å². The topological polar surface area (TPSA) is 25.2 Å².